The first-order chi connectivity index (χ1) is 16.8. The van der Waals surface area contributed by atoms with Crippen molar-refractivity contribution in [1.29, 1.82) is 0 Å². The lowest BCUT2D eigenvalue weighted by molar-refractivity contribution is -0.151. The maximum Gasteiger partial charge on any atom is 0.352 e. The van der Waals surface area contributed by atoms with E-state index in [2.05, 4.69) is 20.8 Å². The number of nitrogens with zero attached hydrogens (tertiary/aromatic N) is 5. The van der Waals surface area contributed by atoms with E-state index in [-0.39, 0.29) is 24.4 Å². The van der Waals surface area contributed by atoms with Crippen molar-refractivity contribution in [3.8, 4) is 0 Å². The van der Waals surface area contributed by atoms with Crippen molar-refractivity contribution in [2.75, 3.05) is 11.5 Å². The average molecular weight is 520 g/mol. The van der Waals surface area contributed by atoms with Crippen LogP contribution in [-0.2, 0) is 25.7 Å². The highest BCUT2D eigenvalue weighted by atomic mass is 32.2. The van der Waals surface area contributed by atoms with Gasteiger partial charge in [-0.3, -0.25) is 19.3 Å². The van der Waals surface area contributed by atoms with Gasteiger partial charge in [0, 0.05) is 17.9 Å². The van der Waals surface area contributed by atoms with Crippen molar-refractivity contribution < 1.29 is 29.4 Å². The number of rotatable bonds is 10. The molecule has 0 saturated carbocycles. The number of aromatic nitrogens is 4. The summed E-state index contributed by atoms with van der Waals surface area (Å²) in [6.07, 6.45) is -1.40. The topological polar surface area (TPSA) is 194 Å². The molecular weight excluding hydrogens is 498 g/mol. The highest BCUT2D eigenvalue weighted by molar-refractivity contribution is 8.01. The number of thioether (sulfide) groups is 2. The summed E-state index contributed by atoms with van der Waals surface area (Å²) in [7, 11) is 0. The number of aliphatic hydroxyl groups is 1. The molecule has 15 heteroatoms. The lowest BCUT2D eigenvalue weighted by Crippen LogP contribution is -2.70. The van der Waals surface area contributed by atoms with E-state index < -0.39 is 41.2 Å². The minimum atomic E-state index is -1.45. The number of nitrogens with two attached hydrogens (primary N) is 1. The number of primary amides is 1. The molecule has 13 nitrogen and oxygen atoms in total. The highest BCUT2D eigenvalue weighted by Crippen LogP contribution is 2.41. The first-order valence-electron chi connectivity index (χ1n) is 10.4. The lowest BCUT2D eigenvalue weighted by atomic mass is 10.0. The largest absolute Gasteiger partial charge is 0.477 e. The molecule has 0 aliphatic carbocycles. The van der Waals surface area contributed by atoms with E-state index >= 15 is 0 Å². The van der Waals surface area contributed by atoms with E-state index in [0.717, 1.165) is 4.90 Å². The molecule has 3 atom stereocenters. The Morgan fingerprint density at radius 1 is 1.29 bits per heavy atom. The number of aryl methyl sites for hydroxylation is 1. The second-order valence-electron chi connectivity index (χ2n) is 7.66. The fourth-order valence-corrected chi connectivity index (χ4v) is 6.01. The van der Waals surface area contributed by atoms with Crippen LogP contribution in [0, 0.1) is 0 Å². The first kappa shape index (κ1) is 24.7. The minimum absolute atomic E-state index is 0.0492. The van der Waals surface area contributed by atoms with Crippen LogP contribution in [0.3, 0.4) is 0 Å². The van der Waals surface area contributed by atoms with Crippen LogP contribution in [0.4, 0.5) is 0 Å². The number of aliphatic carboxylic acids is 1. The maximum absolute atomic E-state index is 12.8. The van der Waals surface area contributed by atoms with Crippen molar-refractivity contribution >= 4 is 47.2 Å². The quantitative estimate of drug-likeness (QED) is 0.225. The molecule has 4 rings (SSSR count). The van der Waals surface area contributed by atoms with Gasteiger partial charge < -0.3 is 21.3 Å². The minimum Gasteiger partial charge on any atom is -0.477 e. The molecule has 2 aromatic rings. The number of tetrazole rings is 1. The SMILES string of the molecule is NC(=O)CCn1nnnc1SCC1=C(C(=O)O)N2C(=O)C(NC(=O)C(O)c3ccccc3)[C@H]2SC1. The Kier molecular flexibility index (Phi) is 7.37. The monoisotopic (exact) mass is 519 g/mol. The third-order valence-electron chi connectivity index (χ3n) is 5.36. The molecule has 5 N–H and O–H groups in total. The summed E-state index contributed by atoms with van der Waals surface area (Å²) < 4.78 is 1.40. The van der Waals surface area contributed by atoms with Gasteiger partial charge in [-0.2, -0.15) is 0 Å². The number of carbonyl (C=O) groups excluding carboxylic acids is 3. The van der Waals surface area contributed by atoms with Gasteiger partial charge >= 0.3 is 5.97 Å². The van der Waals surface area contributed by atoms with E-state index in [0.29, 0.717) is 22.0 Å². The summed E-state index contributed by atoms with van der Waals surface area (Å²) in [4.78, 5) is 49.5. The van der Waals surface area contributed by atoms with E-state index in [1.807, 2.05) is 0 Å². The van der Waals surface area contributed by atoms with Crippen molar-refractivity contribution in [1.82, 2.24) is 30.4 Å². The summed E-state index contributed by atoms with van der Waals surface area (Å²) in [6, 6.07) is 7.34. The number of carbonyl (C=O) groups is 4. The predicted octanol–water partition coefficient (Wildman–Crippen LogP) is -0.887. The lowest BCUT2D eigenvalue weighted by Gasteiger charge is -2.49. The Morgan fingerprint density at radius 3 is 2.71 bits per heavy atom. The Bertz CT molecular complexity index is 1190. The second kappa shape index (κ2) is 10.5. The van der Waals surface area contributed by atoms with Crippen molar-refractivity contribution in [3.05, 3.63) is 47.2 Å². The molecule has 2 aliphatic rings. The number of aliphatic hydroxyl groups excluding tert-OH is 1. The van der Waals surface area contributed by atoms with Gasteiger partial charge in [0.1, 0.15) is 17.1 Å². The first-order valence-corrected chi connectivity index (χ1v) is 12.4. The molecule has 0 spiro atoms. The molecule has 0 bridgehead atoms. The number of fused-ring (bicyclic) bond motifs is 1. The van der Waals surface area contributed by atoms with Crippen LogP contribution < -0.4 is 11.1 Å². The predicted molar refractivity (Wildman–Crippen MR) is 123 cm³/mol. The second-order valence-corrected chi connectivity index (χ2v) is 9.70. The normalized spacial score (nSPS) is 20.1. The average Bonchev–Trinajstić information content (AvgIpc) is 3.31. The number of nitrogens with one attached hydrogen (secondary N) is 1. The standard InChI is InChI=1S/C20H21N7O6S2/c21-12(28)6-7-26-20(23-24-25-26)35-9-11-8-34-18-13(17(31)27(18)14(11)19(32)33)22-16(30)15(29)10-4-2-1-3-5-10/h1-5,13,15,18,29H,6-9H2,(H2,21,28)(H,22,30)(H,32,33)/t13?,15?,18-/m1/s1. The molecule has 1 saturated heterocycles. The van der Waals surface area contributed by atoms with Crippen LogP contribution in [0.2, 0.25) is 0 Å². The van der Waals surface area contributed by atoms with Gasteiger partial charge in [-0.1, -0.05) is 42.1 Å². The van der Waals surface area contributed by atoms with Crippen LogP contribution in [-0.4, -0.2) is 81.9 Å². The number of carboxylic acids is 1. The van der Waals surface area contributed by atoms with Gasteiger partial charge in [0.15, 0.2) is 6.10 Å². The number of β-lactam (4-membered cyclic amide) rings is 1. The number of benzene rings is 1. The van der Waals surface area contributed by atoms with Gasteiger partial charge in [-0.15, -0.1) is 16.9 Å². The molecule has 184 valence electrons. The number of hydrogen-bond acceptors (Lipinski definition) is 10. The zero-order chi connectivity index (χ0) is 25.1. The Hall–Kier alpha value is -3.43. The van der Waals surface area contributed by atoms with Crippen LogP contribution in [0.15, 0.2) is 46.8 Å². The highest BCUT2D eigenvalue weighted by Gasteiger charge is 2.54. The Labute approximate surface area is 207 Å². The number of amides is 3. The maximum atomic E-state index is 12.8. The summed E-state index contributed by atoms with van der Waals surface area (Å²) in [5.41, 5.74) is 5.89. The molecule has 1 fully saturated rings. The molecule has 2 unspecified atom stereocenters. The van der Waals surface area contributed by atoms with Gasteiger partial charge in [-0.25, -0.2) is 9.48 Å². The zero-order valence-corrected chi connectivity index (χ0v) is 19.7. The molecule has 35 heavy (non-hydrogen) atoms. The van der Waals surface area contributed by atoms with Gasteiger partial charge in [0.05, 0.1) is 6.54 Å². The van der Waals surface area contributed by atoms with E-state index in [9.17, 15) is 29.4 Å². The third-order valence-corrected chi connectivity index (χ3v) is 7.74. The van der Waals surface area contributed by atoms with E-state index in [1.54, 1.807) is 30.3 Å². The summed E-state index contributed by atoms with van der Waals surface area (Å²) in [5.74, 6) is -2.56. The zero-order valence-electron chi connectivity index (χ0n) is 18.1. The Morgan fingerprint density at radius 2 is 2.03 bits per heavy atom. The number of carboxylic acid groups (broad SMARTS) is 1. The Balaban J connectivity index is 1.43. The molecule has 1 aromatic carbocycles. The number of hydrogen-bond donors (Lipinski definition) is 4. The molecule has 3 heterocycles. The van der Waals surface area contributed by atoms with Crippen molar-refractivity contribution in [2.24, 2.45) is 5.73 Å². The van der Waals surface area contributed by atoms with Crippen LogP contribution in [0.5, 0.6) is 0 Å². The van der Waals surface area contributed by atoms with Gasteiger partial charge in [0.2, 0.25) is 11.1 Å². The van der Waals surface area contributed by atoms with Crippen LogP contribution in [0.1, 0.15) is 18.1 Å². The summed E-state index contributed by atoms with van der Waals surface area (Å²) >= 11 is 2.49. The summed E-state index contributed by atoms with van der Waals surface area (Å²) in [6.45, 7) is 0.188. The molecule has 3 amide bonds. The smallest absolute Gasteiger partial charge is 0.352 e. The summed E-state index contributed by atoms with van der Waals surface area (Å²) in [5, 5.41) is 33.7. The molecule has 0 radical (unpaired) electrons. The van der Waals surface area contributed by atoms with E-state index in [1.165, 1.54) is 28.2 Å². The van der Waals surface area contributed by atoms with Crippen molar-refractivity contribution in [2.45, 2.75) is 35.6 Å². The fraction of sp³-hybridized carbons (Fsp3) is 0.350. The van der Waals surface area contributed by atoms with Crippen LogP contribution in [0.25, 0.3) is 0 Å². The van der Waals surface area contributed by atoms with Gasteiger partial charge in [0.25, 0.3) is 11.8 Å². The van der Waals surface area contributed by atoms with Crippen molar-refractivity contribution in [3.63, 3.8) is 0 Å². The molecular formula is C20H21N7O6S2. The van der Waals surface area contributed by atoms with Crippen LogP contribution >= 0.6 is 23.5 Å². The fourth-order valence-electron chi connectivity index (χ4n) is 3.62. The molecule has 1 aromatic heterocycles. The van der Waals surface area contributed by atoms with E-state index in [4.69, 9.17) is 5.73 Å². The third kappa shape index (κ3) is 5.16. The van der Waals surface area contributed by atoms with Gasteiger partial charge in [-0.05, 0) is 21.6 Å². The molecule has 2 aliphatic heterocycles.